The summed E-state index contributed by atoms with van der Waals surface area (Å²) < 4.78 is 5.55. The van der Waals surface area contributed by atoms with Crippen LogP contribution in [0.1, 0.15) is 20.3 Å². The van der Waals surface area contributed by atoms with E-state index in [9.17, 15) is 4.79 Å². The van der Waals surface area contributed by atoms with Gasteiger partial charge in [-0.25, -0.2) is 0 Å². The number of nitrogens with one attached hydrogen (secondary N) is 1. The predicted octanol–water partition coefficient (Wildman–Crippen LogP) is 2.22. The maximum atomic E-state index is 11.8. The SMILES string of the molecule is CC1(C)CC(=O)/C(=N/Nc2ccccc2)CO1. The van der Waals surface area contributed by atoms with Crippen LogP contribution in [-0.4, -0.2) is 23.7 Å². The molecule has 2 rings (SSSR count). The van der Waals surface area contributed by atoms with Crippen molar-refractivity contribution in [3.63, 3.8) is 0 Å². The molecule has 4 nitrogen and oxygen atoms in total. The number of benzene rings is 1. The first-order chi connectivity index (χ1) is 8.07. The number of rotatable bonds is 2. The molecule has 1 aromatic rings. The van der Waals surface area contributed by atoms with E-state index in [0.717, 1.165) is 5.69 Å². The van der Waals surface area contributed by atoms with Crippen LogP contribution in [0.15, 0.2) is 35.4 Å². The fourth-order valence-corrected chi connectivity index (χ4v) is 1.62. The van der Waals surface area contributed by atoms with E-state index in [4.69, 9.17) is 4.74 Å². The zero-order valence-corrected chi connectivity index (χ0v) is 10.1. The predicted molar refractivity (Wildman–Crippen MR) is 67.2 cm³/mol. The molecule has 0 bridgehead atoms. The minimum absolute atomic E-state index is 0.0460. The smallest absolute Gasteiger partial charge is 0.184 e. The second-order valence-electron chi connectivity index (χ2n) is 4.68. The van der Waals surface area contributed by atoms with Crippen molar-refractivity contribution in [1.82, 2.24) is 0 Å². The van der Waals surface area contributed by atoms with E-state index >= 15 is 0 Å². The normalized spacial score (nSPS) is 21.5. The number of carbonyl (C=O) groups excluding carboxylic acids is 1. The molecule has 0 unspecified atom stereocenters. The summed E-state index contributed by atoms with van der Waals surface area (Å²) in [5.41, 5.74) is 3.80. The highest BCUT2D eigenvalue weighted by Crippen LogP contribution is 2.20. The number of hydrogen-bond acceptors (Lipinski definition) is 4. The van der Waals surface area contributed by atoms with Gasteiger partial charge in [0.15, 0.2) is 5.78 Å². The Hall–Kier alpha value is -1.68. The summed E-state index contributed by atoms with van der Waals surface area (Å²) in [7, 11) is 0. The average Bonchev–Trinajstić information content (AvgIpc) is 2.28. The highest BCUT2D eigenvalue weighted by molar-refractivity contribution is 6.41. The zero-order valence-electron chi connectivity index (χ0n) is 10.1. The highest BCUT2D eigenvalue weighted by atomic mass is 16.5. The topological polar surface area (TPSA) is 50.7 Å². The molecule has 1 aromatic carbocycles. The first-order valence-corrected chi connectivity index (χ1v) is 5.62. The molecule has 1 N–H and O–H groups in total. The lowest BCUT2D eigenvalue weighted by Gasteiger charge is -2.29. The Labute approximate surface area is 101 Å². The van der Waals surface area contributed by atoms with E-state index in [1.54, 1.807) is 0 Å². The third kappa shape index (κ3) is 3.14. The summed E-state index contributed by atoms with van der Waals surface area (Å²) in [6.45, 7) is 4.09. The van der Waals surface area contributed by atoms with Crippen molar-refractivity contribution in [2.75, 3.05) is 12.0 Å². The van der Waals surface area contributed by atoms with Crippen LogP contribution in [0.4, 0.5) is 5.69 Å². The fourth-order valence-electron chi connectivity index (χ4n) is 1.62. The monoisotopic (exact) mass is 232 g/mol. The van der Waals surface area contributed by atoms with E-state index in [2.05, 4.69) is 10.5 Å². The molecule has 17 heavy (non-hydrogen) atoms. The lowest BCUT2D eigenvalue weighted by molar-refractivity contribution is -0.122. The molecule has 1 aliphatic heterocycles. The van der Waals surface area contributed by atoms with Crippen molar-refractivity contribution in [2.45, 2.75) is 25.9 Å². The van der Waals surface area contributed by atoms with Crippen LogP contribution >= 0.6 is 0 Å². The second-order valence-corrected chi connectivity index (χ2v) is 4.68. The summed E-state index contributed by atoms with van der Waals surface area (Å²) >= 11 is 0. The maximum absolute atomic E-state index is 11.8. The molecule has 4 heteroatoms. The average molecular weight is 232 g/mol. The lowest BCUT2D eigenvalue weighted by atomic mass is 9.96. The van der Waals surface area contributed by atoms with Crippen LogP contribution in [0.5, 0.6) is 0 Å². The van der Waals surface area contributed by atoms with Crippen LogP contribution in [-0.2, 0) is 9.53 Å². The molecule has 0 atom stereocenters. The van der Waals surface area contributed by atoms with E-state index in [-0.39, 0.29) is 18.0 Å². The number of para-hydroxylation sites is 1. The van der Waals surface area contributed by atoms with Gasteiger partial charge < -0.3 is 4.74 Å². The molecule has 90 valence electrons. The van der Waals surface area contributed by atoms with E-state index in [1.165, 1.54) is 0 Å². The molecular weight excluding hydrogens is 216 g/mol. The summed E-state index contributed by atoms with van der Waals surface area (Å²) in [4.78, 5) is 11.8. The summed E-state index contributed by atoms with van der Waals surface area (Å²) in [5.74, 6) is 0.0460. The van der Waals surface area contributed by atoms with Gasteiger partial charge in [-0.15, -0.1) is 0 Å². The van der Waals surface area contributed by atoms with Crippen molar-refractivity contribution in [2.24, 2.45) is 5.10 Å². The summed E-state index contributed by atoms with van der Waals surface area (Å²) in [6.07, 6.45) is 0.377. The largest absolute Gasteiger partial charge is 0.369 e. The third-order valence-corrected chi connectivity index (χ3v) is 2.60. The molecule has 0 aliphatic carbocycles. The van der Waals surface area contributed by atoms with Crippen LogP contribution in [0.2, 0.25) is 0 Å². The first kappa shape index (κ1) is 11.8. The molecular formula is C13H16N2O2. The number of Topliss-reactive ketones (excluding diaryl/α,β-unsaturated/α-hetero) is 1. The Balaban J connectivity index is 2.02. The number of nitrogens with zero attached hydrogens (tertiary/aromatic N) is 1. The van der Waals surface area contributed by atoms with Crippen molar-refractivity contribution in [1.29, 1.82) is 0 Å². The van der Waals surface area contributed by atoms with Crippen LogP contribution in [0, 0.1) is 0 Å². The minimum Gasteiger partial charge on any atom is -0.369 e. The van der Waals surface area contributed by atoms with E-state index < -0.39 is 0 Å². The fraction of sp³-hybridized carbons (Fsp3) is 0.385. The molecule has 0 spiro atoms. The van der Waals surface area contributed by atoms with Crippen molar-refractivity contribution in [3.05, 3.63) is 30.3 Å². The van der Waals surface area contributed by atoms with Gasteiger partial charge in [0.1, 0.15) is 5.71 Å². The first-order valence-electron chi connectivity index (χ1n) is 5.62. The molecule has 0 aromatic heterocycles. The number of ether oxygens (including phenoxy) is 1. The summed E-state index contributed by atoms with van der Waals surface area (Å²) in [6, 6.07) is 9.52. The maximum Gasteiger partial charge on any atom is 0.184 e. The number of anilines is 1. The quantitative estimate of drug-likeness (QED) is 0.795. The number of hydrogen-bond donors (Lipinski definition) is 1. The van der Waals surface area contributed by atoms with Gasteiger partial charge in [0, 0.05) is 6.42 Å². The molecule has 1 saturated heterocycles. The van der Waals surface area contributed by atoms with Gasteiger partial charge in [-0.2, -0.15) is 5.10 Å². The Morgan fingerprint density at radius 1 is 1.29 bits per heavy atom. The van der Waals surface area contributed by atoms with Gasteiger partial charge in [0.2, 0.25) is 0 Å². The number of hydrazone groups is 1. The van der Waals surface area contributed by atoms with Crippen LogP contribution < -0.4 is 5.43 Å². The molecule has 1 fully saturated rings. The zero-order chi connectivity index (χ0) is 12.3. The molecule has 0 amide bonds. The molecule has 1 heterocycles. The van der Waals surface area contributed by atoms with Crippen molar-refractivity contribution >= 4 is 17.2 Å². The highest BCUT2D eigenvalue weighted by Gasteiger charge is 2.31. The summed E-state index contributed by atoms with van der Waals surface area (Å²) in [5, 5.41) is 4.09. The third-order valence-electron chi connectivity index (χ3n) is 2.60. The van der Waals surface area contributed by atoms with Gasteiger partial charge in [-0.1, -0.05) is 18.2 Å². The van der Waals surface area contributed by atoms with Crippen LogP contribution in [0.3, 0.4) is 0 Å². The Morgan fingerprint density at radius 3 is 2.65 bits per heavy atom. The lowest BCUT2D eigenvalue weighted by Crippen LogP contribution is -2.40. The van der Waals surface area contributed by atoms with Gasteiger partial charge in [0.25, 0.3) is 0 Å². The van der Waals surface area contributed by atoms with Crippen molar-refractivity contribution in [3.8, 4) is 0 Å². The Bertz CT molecular complexity index is 438. The van der Waals surface area contributed by atoms with Gasteiger partial charge in [-0.05, 0) is 26.0 Å². The molecule has 1 aliphatic rings. The number of carbonyl (C=O) groups is 1. The van der Waals surface area contributed by atoms with Gasteiger partial charge in [-0.3, -0.25) is 10.2 Å². The Morgan fingerprint density at radius 2 is 2.00 bits per heavy atom. The van der Waals surface area contributed by atoms with Crippen molar-refractivity contribution < 1.29 is 9.53 Å². The minimum atomic E-state index is -0.372. The van der Waals surface area contributed by atoms with Gasteiger partial charge in [0.05, 0.1) is 17.9 Å². The second kappa shape index (κ2) is 4.67. The Kier molecular flexibility index (Phi) is 3.24. The molecule has 0 saturated carbocycles. The number of ketones is 1. The van der Waals surface area contributed by atoms with Crippen LogP contribution in [0.25, 0.3) is 0 Å². The van der Waals surface area contributed by atoms with E-state index in [1.807, 2.05) is 44.2 Å². The van der Waals surface area contributed by atoms with E-state index in [0.29, 0.717) is 12.1 Å². The standard InChI is InChI=1S/C13H16N2O2/c1-13(2)8-12(16)11(9-17-13)15-14-10-6-4-3-5-7-10/h3-7,14H,8-9H2,1-2H3/b15-11+. The molecule has 0 radical (unpaired) electrons. The van der Waals surface area contributed by atoms with Gasteiger partial charge >= 0.3 is 0 Å².